The molecule has 0 amide bonds. The molecule has 0 aliphatic carbocycles. The summed E-state index contributed by atoms with van der Waals surface area (Å²) in [5.74, 6) is 0. The van der Waals surface area contributed by atoms with Crippen LogP contribution in [-0.2, 0) is 0 Å². The molecule has 0 heterocycles. The average Bonchev–Trinajstić information content (AvgIpc) is 1.80. The number of halogens is 8. The zero-order valence-electron chi connectivity index (χ0n) is 6.10. The van der Waals surface area contributed by atoms with Gasteiger partial charge in [0.1, 0.15) is 6.17 Å². The molecule has 0 fully saturated rings. The summed E-state index contributed by atoms with van der Waals surface area (Å²) in [6.07, 6.45) is -16.3. The van der Waals surface area contributed by atoms with Gasteiger partial charge in [0.15, 0.2) is 0 Å². The fourth-order valence-corrected chi connectivity index (χ4v) is 0.612. The van der Waals surface area contributed by atoms with E-state index in [1.807, 2.05) is 0 Å². The number of alkyl halides is 8. The molecule has 1 unspecified atom stereocenters. The Morgan fingerprint density at radius 1 is 0.769 bits per heavy atom. The topological polar surface area (TPSA) is 0 Å². The third-order valence-corrected chi connectivity index (χ3v) is 1.37. The highest BCUT2D eigenvalue weighted by molar-refractivity contribution is 4.98. The maximum Gasteiger partial charge on any atom is 0.434 e. The predicted molar refractivity (Wildman–Crippen MR) is 26.5 cm³/mol. The van der Waals surface area contributed by atoms with E-state index in [0.717, 1.165) is 0 Å². The van der Waals surface area contributed by atoms with Crippen molar-refractivity contribution in [3.05, 3.63) is 0 Å². The van der Waals surface area contributed by atoms with Crippen LogP contribution in [0.3, 0.4) is 0 Å². The van der Waals surface area contributed by atoms with E-state index in [1.54, 1.807) is 0 Å². The summed E-state index contributed by atoms with van der Waals surface area (Å²) in [4.78, 5) is 0. The summed E-state index contributed by atoms with van der Waals surface area (Å²) in [5.41, 5.74) is -5.79. The van der Waals surface area contributed by atoms with E-state index < -0.39 is 24.2 Å². The zero-order chi connectivity index (χ0) is 11.1. The van der Waals surface area contributed by atoms with E-state index in [1.165, 1.54) is 0 Å². The Labute approximate surface area is 67.5 Å². The summed E-state index contributed by atoms with van der Waals surface area (Å²) in [6.45, 7) is -0.138. The number of hydrogen-bond acceptors (Lipinski definition) is 0. The third-order valence-electron chi connectivity index (χ3n) is 1.37. The minimum Gasteiger partial charge on any atom is -0.243 e. The lowest BCUT2D eigenvalue weighted by Crippen LogP contribution is -2.58. The molecule has 80 valence electrons. The van der Waals surface area contributed by atoms with Gasteiger partial charge in [0.25, 0.3) is 0 Å². The second-order valence-electron chi connectivity index (χ2n) is 2.32. The molecule has 0 aromatic rings. The molecule has 0 aliphatic heterocycles. The first-order valence-electron chi connectivity index (χ1n) is 2.91. The van der Waals surface area contributed by atoms with Gasteiger partial charge in [0, 0.05) is 0 Å². The molecule has 0 aromatic heterocycles. The lowest BCUT2D eigenvalue weighted by molar-refractivity contribution is -0.355. The van der Waals surface area contributed by atoms with E-state index in [9.17, 15) is 35.1 Å². The van der Waals surface area contributed by atoms with Gasteiger partial charge < -0.3 is 0 Å². The van der Waals surface area contributed by atoms with Gasteiger partial charge in [0.2, 0.25) is 0 Å². The number of rotatable bonds is 1. The Bertz CT molecular complexity index is 160. The first kappa shape index (κ1) is 12.4. The molecule has 0 bridgehead atoms. The molecular weight excluding hydrogens is 212 g/mol. The van der Waals surface area contributed by atoms with Crippen molar-refractivity contribution in [3.8, 4) is 0 Å². The smallest absolute Gasteiger partial charge is 0.243 e. The zero-order valence-corrected chi connectivity index (χ0v) is 6.10. The van der Waals surface area contributed by atoms with Crippen LogP contribution in [0.1, 0.15) is 6.92 Å². The van der Waals surface area contributed by atoms with Gasteiger partial charge in [-0.05, 0) is 6.92 Å². The summed E-state index contributed by atoms with van der Waals surface area (Å²) in [5, 5.41) is 0. The molecule has 13 heavy (non-hydrogen) atoms. The summed E-state index contributed by atoms with van der Waals surface area (Å²) < 4.78 is 93.3. The molecule has 0 radical (unpaired) electrons. The minimum atomic E-state index is -6.31. The van der Waals surface area contributed by atoms with Crippen LogP contribution in [0.2, 0.25) is 0 Å². The minimum absolute atomic E-state index is 0.138. The van der Waals surface area contributed by atoms with E-state index in [0.29, 0.717) is 0 Å². The van der Waals surface area contributed by atoms with Crippen LogP contribution in [0, 0.1) is 0 Å². The Morgan fingerprint density at radius 2 is 1.00 bits per heavy atom. The van der Waals surface area contributed by atoms with Crippen molar-refractivity contribution in [2.24, 2.45) is 0 Å². The van der Waals surface area contributed by atoms with Gasteiger partial charge in [-0.15, -0.1) is 0 Å². The molecule has 0 aromatic carbocycles. The molecule has 0 saturated heterocycles. The highest BCUT2D eigenvalue weighted by atomic mass is 19.4. The number of hydrogen-bond donors (Lipinski definition) is 0. The summed E-state index contributed by atoms with van der Waals surface area (Å²) in [7, 11) is 0. The van der Waals surface area contributed by atoms with Gasteiger partial charge in [-0.3, -0.25) is 0 Å². The molecule has 8 heteroatoms. The normalized spacial score (nSPS) is 17.3. The Balaban J connectivity index is 5.22. The van der Waals surface area contributed by atoms with Gasteiger partial charge >= 0.3 is 18.0 Å². The fraction of sp³-hybridized carbons (Fsp3) is 1.00. The Hall–Kier alpha value is -0.560. The molecule has 1 atom stereocenters. The Morgan fingerprint density at radius 3 is 1.00 bits per heavy atom. The van der Waals surface area contributed by atoms with Crippen molar-refractivity contribution < 1.29 is 35.1 Å². The van der Waals surface area contributed by atoms with Crippen molar-refractivity contribution in [1.82, 2.24) is 0 Å². The first-order valence-corrected chi connectivity index (χ1v) is 2.91. The highest BCUT2D eigenvalue weighted by Gasteiger charge is 2.75. The van der Waals surface area contributed by atoms with Crippen LogP contribution in [0.25, 0.3) is 0 Å². The van der Waals surface area contributed by atoms with E-state index in [2.05, 4.69) is 0 Å². The predicted octanol–water partition coefficient (Wildman–Crippen LogP) is 3.18. The van der Waals surface area contributed by atoms with E-state index >= 15 is 0 Å². The standard InChI is InChI=1S/C5H4F8/c1-2(6)3(7,4(8,9)10)5(11,12)13/h2H,1H3. The largest absolute Gasteiger partial charge is 0.434 e. The fourth-order valence-electron chi connectivity index (χ4n) is 0.612. The molecule has 0 spiro atoms. The maximum atomic E-state index is 12.3. The molecule has 0 rings (SSSR count). The summed E-state index contributed by atoms with van der Waals surface area (Å²) in [6, 6.07) is 0. The maximum absolute atomic E-state index is 12.3. The molecule has 0 nitrogen and oxygen atoms in total. The highest BCUT2D eigenvalue weighted by Crippen LogP contribution is 2.49. The Kier molecular flexibility index (Phi) is 2.86. The van der Waals surface area contributed by atoms with Crippen molar-refractivity contribution >= 4 is 0 Å². The van der Waals surface area contributed by atoms with Gasteiger partial charge in [-0.1, -0.05) is 0 Å². The summed E-state index contributed by atoms with van der Waals surface area (Å²) >= 11 is 0. The van der Waals surface area contributed by atoms with Crippen LogP contribution in [0.15, 0.2) is 0 Å². The quantitative estimate of drug-likeness (QED) is 0.590. The van der Waals surface area contributed by atoms with Crippen LogP contribution in [-0.4, -0.2) is 24.2 Å². The first-order chi connectivity index (χ1) is 5.44. The molecule has 0 N–H and O–H groups in total. The van der Waals surface area contributed by atoms with Crippen LogP contribution in [0.4, 0.5) is 35.1 Å². The van der Waals surface area contributed by atoms with Crippen LogP contribution in [0.5, 0.6) is 0 Å². The third kappa shape index (κ3) is 1.86. The van der Waals surface area contributed by atoms with Crippen LogP contribution < -0.4 is 0 Å². The molecule has 0 saturated carbocycles. The average molecular weight is 216 g/mol. The van der Waals surface area contributed by atoms with Crippen molar-refractivity contribution in [2.45, 2.75) is 31.1 Å². The van der Waals surface area contributed by atoms with Crippen molar-refractivity contribution in [3.63, 3.8) is 0 Å². The van der Waals surface area contributed by atoms with Gasteiger partial charge in [-0.25, -0.2) is 8.78 Å². The monoisotopic (exact) mass is 216 g/mol. The van der Waals surface area contributed by atoms with Crippen LogP contribution >= 0.6 is 0 Å². The second-order valence-corrected chi connectivity index (χ2v) is 2.32. The second kappa shape index (κ2) is 2.98. The van der Waals surface area contributed by atoms with Crippen molar-refractivity contribution in [2.75, 3.05) is 0 Å². The lowest BCUT2D eigenvalue weighted by atomic mass is 10.00. The SMILES string of the molecule is CC(F)C(F)(C(F)(F)F)C(F)(F)F. The van der Waals surface area contributed by atoms with Gasteiger partial charge in [-0.2, -0.15) is 26.3 Å². The lowest BCUT2D eigenvalue weighted by Gasteiger charge is -2.30. The molecular formula is C5H4F8. The van der Waals surface area contributed by atoms with E-state index in [4.69, 9.17) is 0 Å². The van der Waals surface area contributed by atoms with E-state index in [-0.39, 0.29) is 6.92 Å². The van der Waals surface area contributed by atoms with Crippen molar-refractivity contribution in [1.29, 1.82) is 0 Å². The molecule has 0 aliphatic rings. The van der Waals surface area contributed by atoms with Gasteiger partial charge in [0.05, 0.1) is 0 Å².